The van der Waals surface area contributed by atoms with Crippen LogP contribution in [-0.2, 0) is 17.1 Å². The number of nitrogens with two attached hydrogens (primary N) is 1. The minimum atomic E-state index is -3.28. The van der Waals surface area contributed by atoms with Crippen molar-refractivity contribution >= 4 is 32.3 Å². The second-order valence-corrected chi connectivity index (χ2v) is 8.41. The van der Waals surface area contributed by atoms with E-state index in [1.165, 1.54) is 4.31 Å². The number of rotatable bonds is 5. The van der Waals surface area contributed by atoms with Crippen LogP contribution in [0.2, 0.25) is 0 Å². The summed E-state index contributed by atoms with van der Waals surface area (Å²) < 4.78 is 32.7. The SMILES string of the molecule is CCS(=O)(=O)N(C)c1ccc(-c2c(N)c3ccc(OC)cc3n2C)cc1. The topological polar surface area (TPSA) is 77.6 Å². The van der Waals surface area contributed by atoms with Crippen LogP contribution in [-0.4, -0.2) is 32.9 Å². The van der Waals surface area contributed by atoms with E-state index < -0.39 is 10.0 Å². The molecule has 7 heteroatoms. The van der Waals surface area contributed by atoms with E-state index in [4.69, 9.17) is 10.5 Å². The van der Waals surface area contributed by atoms with Gasteiger partial charge in [0.25, 0.3) is 0 Å². The molecule has 0 radical (unpaired) electrons. The van der Waals surface area contributed by atoms with Crippen LogP contribution in [0.3, 0.4) is 0 Å². The van der Waals surface area contributed by atoms with Gasteiger partial charge >= 0.3 is 0 Å². The van der Waals surface area contributed by atoms with Gasteiger partial charge in [0, 0.05) is 31.1 Å². The summed E-state index contributed by atoms with van der Waals surface area (Å²) in [5.74, 6) is 0.829. The molecule has 0 aliphatic carbocycles. The van der Waals surface area contributed by atoms with Crippen molar-refractivity contribution in [1.29, 1.82) is 0 Å². The fourth-order valence-corrected chi connectivity index (χ4v) is 3.94. The van der Waals surface area contributed by atoms with Crippen molar-refractivity contribution in [3.05, 3.63) is 42.5 Å². The number of ether oxygens (including phenoxy) is 1. The van der Waals surface area contributed by atoms with Crippen LogP contribution in [0.1, 0.15) is 6.92 Å². The van der Waals surface area contributed by atoms with Crippen molar-refractivity contribution in [1.82, 2.24) is 4.57 Å². The van der Waals surface area contributed by atoms with Crippen molar-refractivity contribution in [3.8, 4) is 17.0 Å². The van der Waals surface area contributed by atoms with Crippen LogP contribution < -0.4 is 14.8 Å². The smallest absolute Gasteiger partial charge is 0.234 e. The maximum Gasteiger partial charge on any atom is 0.234 e. The van der Waals surface area contributed by atoms with Gasteiger partial charge in [-0.3, -0.25) is 4.31 Å². The number of nitrogen functional groups attached to an aromatic ring is 1. The van der Waals surface area contributed by atoms with Gasteiger partial charge in [0.1, 0.15) is 5.75 Å². The van der Waals surface area contributed by atoms with Crippen molar-refractivity contribution in [3.63, 3.8) is 0 Å². The molecule has 0 saturated heterocycles. The Hall–Kier alpha value is -2.67. The molecule has 6 nitrogen and oxygen atoms in total. The molecule has 26 heavy (non-hydrogen) atoms. The van der Waals surface area contributed by atoms with E-state index in [2.05, 4.69) is 0 Å². The zero-order chi connectivity index (χ0) is 19.1. The molecule has 1 aromatic heterocycles. The molecule has 0 amide bonds. The first-order valence-electron chi connectivity index (χ1n) is 8.29. The average molecular weight is 373 g/mol. The molecule has 3 aromatic rings. The molecule has 0 bridgehead atoms. The maximum absolute atomic E-state index is 12.0. The second kappa shape index (κ2) is 6.57. The Kier molecular flexibility index (Phi) is 4.58. The zero-order valence-electron chi connectivity index (χ0n) is 15.4. The number of fused-ring (bicyclic) bond motifs is 1. The molecule has 0 spiro atoms. The van der Waals surface area contributed by atoms with Gasteiger partial charge in [0.05, 0.1) is 35.4 Å². The third-order valence-corrected chi connectivity index (χ3v) is 6.51. The van der Waals surface area contributed by atoms with Crippen molar-refractivity contribution in [2.24, 2.45) is 7.05 Å². The van der Waals surface area contributed by atoms with Gasteiger partial charge in [0.2, 0.25) is 10.0 Å². The zero-order valence-corrected chi connectivity index (χ0v) is 16.2. The predicted octanol–water partition coefficient (Wildman–Crippen LogP) is 3.22. The Morgan fingerprint density at radius 3 is 2.38 bits per heavy atom. The van der Waals surface area contributed by atoms with Crippen molar-refractivity contribution in [2.75, 3.05) is 29.9 Å². The number of methoxy groups -OCH3 is 1. The van der Waals surface area contributed by atoms with Crippen LogP contribution in [0.15, 0.2) is 42.5 Å². The van der Waals surface area contributed by atoms with E-state index in [0.29, 0.717) is 11.4 Å². The van der Waals surface area contributed by atoms with E-state index in [9.17, 15) is 8.42 Å². The molecule has 2 aromatic carbocycles. The lowest BCUT2D eigenvalue weighted by Crippen LogP contribution is -2.27. The van der Waals surface area contributed by atoms with E-state index in [-0.39, 0.29) is 5.75 Å². The third-order valence-electron chi connectivity index (χ3n) is 4.73. The summed E-state index contributed by atoms with van der Waals surface area (Å²) in [5.41, 5.74) is 10.5. The van der Waals surface area contributed by atoms with Crippen LogP contribution in [0, 0.1) is 0 Å². The fourth-order valence-electron chi connectivity index (χ4n) is 3.11. The number of hydrogen-bond acceptors (Lipinski definition) is 4. The van der Waals surface area contributed by atoms with Crippen molar-refractivity contribution in [2.45, 2.75) is 6.92 Å². The molecule has 0 unspecified atom stereocenters. The Bertz CT molecular complexity index is 1050. The van der Waals surface area contributed by atoms with E-state index in [1.807, 2.05) is 41.9 Å². The number of sulfonamides is 1. The lowest BCUT2D eigenvalue weighted by atomic mass is 10.1. The monoisotopic (exact) mass is 373 g/mol. The molecule has 1 heterocycles. The van der Waals surface area contributed by atoms with Gasteiger partial charge in [0.15, 0.2) is 0 Å². The fraction of sp³-hybridized carbons (Fsp3) is 0.263. The van der Waals surface area contributed by atoms with Crippen molar-refractivity contribution < 1.29 is 13.2 Å². The minimum Gasteiger partial charge on any atom is -0.497 e. The Labute approximate surface area is 153 Å². The molecular weight excluding hydrogens is 350 g/mol. The summed E-state index contributed by atoms with van der Waals surface area (Å²) >= 11 is 0. The molecular formula is C19H23N3O3S. The highest BCUT2D eigenvalue weighted by atomic mass is 32.2. The summed E-state index contributed by atoms with van der Waals surface area (Å²) in [5, 5.41) is 0.957. The number of aromatic nitrogens is 1. The number of hydrogen-bond donors (Lipinski definition) is 1. The van der Waals surface area contributed by atoms with E-state index in [0.717, 1.165) is 27.9 Å². The molecule has 0 saturated carbocycles. The Balaban J connectivity index is 2.07. The average Bonchev–Trinajstić information content (AvgIpc) is 2.91. The van der Waals surface area contributed by atoms with Gasteiger partial charge in [-0.15, -0.1) is 0 Å². The quantitative estimate of drug-likeness (QED) is 0.745. The van der Waals surface area contributed by atoms with E-state index in [1.54, 1.807) is 33.2 Å². The summed E-state index contributed by atoms with van der Waals surface area (Å²) in [7, 11) is 1.86. The first kappa shape index (κ1) is 18.1. The number of aryl methyl sites for hydroxylation is 1. The Morgan fingerprint density at radius 1 is 1.15 bits per heavy atom. The molecule has 2 N–H and O–H groups in total. The molecule has 0 aliphatic heterocycles. The number of nitrogens with zero attached hydrogens (tertiary/aromatic N) is 2. The summed E-state index contributed by atoms with van der Waals surface area (Å²) in [6.07, 6.45) is 0. The van der Waals surface area contributed by atoms with Crippen LogP contribution in [0.4, 0.5) is 11.4 Å². The third kappa shape index (κ3) is 2.88. The highest BCUT2D eigenvalue weighted by Crippen LogP contribution is 2.37. The molecule has 0 aliphatic rings. The summed E-state index contributed by atoms with van der Waals surface area (Å²) in [6, 6.07) is 13.1. The first-order valence-corrected chi connectivity index (χ1v) is 9.90. The molecule has 0 fully saturated rings. The maximum atomic E-state index is 12.0. The highest BCUT2D eigenvalue weighted by Gasteiger charge is 2.18. The van der Waals surface area contributed by atoms with Crippen LogP contribution in [0.25, 0.3) is 22.2 Å². The van der Waals surface area contributed by atoms with Gasteiger partial charge in [-0.2, -0.15) is 0 Å². The highest BCUT2D eigenvalue weighted by molar-refractivity contribution is 7.92. The largest absolute Gasteiger partial charge is 0.497 e. The van der Waals surface area contributed by atoms with Crippen LogP contribution in [0.5, 0.6) is 5.75 Å². The molecule has 0 atom stereocenters. The summed E-state index contributed by atoms with van der Waals surface area (Å²) in [4.78, 5) is 0. The normalized spacial score (nSPS) is 11.7. The lowest BCUT2D eigenvalue weighted by Gasteiger charge is -2.18. The van der Waals surface area contributed by atoms with Gasteiger partial charge in [-0.05, 0) is 31.2 Å². The molecule has 3 rings (SSSR count). The van der Waals surface area contributed by atoms with E-state index >= 15 is 0 Å². The second-order valence-electron chi connectivity index (χ2n) is 6.12. The standard InChI is InChI=1S/C19H23N3O3S/c1-5-26(23,24)22(3)14-8-6-13(7-9-14)19-18(20)16-11-10-15(25-4)12-17(16)21(19)2/h6-12H,5,20H2,1-4H3. The number of anilines is 2. The van der Waals surface area contributed by atoms with Gasteiger partial charge < -0.3 is 15.0 Å². The predicted molar refractivity (Wildman–Crippen MR) is 107 cm³/mol. The lowest BCUT2D eigenvalue weighted by molar-refractivity contribution is 0.415. The van der Waals surface area contributed by atoms with Gasteiger partial charge in [-0.25, -0.2) is 8.42 Å². The number of benzene rings is 2. The molecule has 138 valence electrons. The minimum absolute atomic E-state index is 0.0588. The Morgan fingerprint density at radius 2 is 1.81 bits per heavy atom. The summed E-state index contributed by atoms with van der Waals surface area (Å²) in [6.45, 7) is 1.63. The van der Waals surface area contributed by atoms with Crippen LogP contribution >= 0.6 is 0 Å². The van der Waals surface area contributed by atoms with Gasteiger partial charge in [-0.1, -0.05) is 12.1 Å². The first-order chi connectivity index (χ1) is 12.3.